The van der Waals surface area contributed by atoms with Gasteiger partial charge in [-0.25, -0.2) is 14.3 Å². The van der Waals surface area contributed by atoms with E-state index >= 15 is 4.39 Å². The molecule has 54 heavy (non-hydrogen) atoms. The van der Waals surface area contributed by atoms with E-state index in [4.69, 9.17) is 4.74 Å². The summed E-state index contributed by atoms with van der Waals surface area (Å²) in [6, 6.07) is 10.8. The van der Waals surface area contributed by atoms with Gasteiger partial charge in [0.15, 0.2) is 0 Å². The highest BCUT2D eigenvalue weighted by Crippen LogP contribution is 2.28. The summed E-state index contributed by atoms with van der Waals surface area (Å²) >= 11 is 0. The number of nitrogens with one attached hydrogen (secondary N) is 2. The number of hydrogen-bond donors (Lipinski definition) is 2. The van der Waals surface area contributed by atoms with Crippen molar-refractivity contribution in [2.75, 3.05) is 52.4 Å². The van der Waals surface area contributed by atoms with Gasteiger partial charge in [-0.2, -0.15) is 5.10 Å². The van der Waals surface area contributed by atoms with Crippen LogP contribution in [0.5, 0.6) is 0 Å². The topological polar surface area (TPSA) is 148 Å². The van der Waals surface area contributed by atoms with E-state index < -0.39 is 29.5 Å². The molecule has 290 valence electrons. The average Bonchev–Trinajstić information content (AvgIpc) is 3.15. The van der Waals surface area contributed by atoms with Crippen molar-refractivity contribution in [3.05, 3.63) is 75.5 Å². The number of hydrogen-bond acceptors (Lipinski definition) is 8. The van der Waals surface area contributed by atoms with Gasteiger partial charge in [0.2, 0.25) is 11.8 Å². The van der Waals surface area contributed by atoms with Crippen molar-refractivity contribution in [2.45, 2.75) is 83.9 Å². The second-order valence-corrected chi connectivity index (χ2v) is 15.8. The van der Waals surface area contributed by atoms with Gasteiger partial charge in [0.1, 0.15) is 17.5 Å². The molecule has 3 aromatic rings. The lowest BCUT2D eigenvalue weighted by molar-refractivity contribution is -0.140. The predicted molar refractivity (Wildman–Crippen MR) is 201 cm³/mol. The summed E-state index contributed by atoms with van der Waals surface area (Å²) in [6.07, 6.45) is 4.65. The normalized spacial score (nSPS) is 19.4. The van der Waals surface area contributed by atoms with Crippen molar-refractivity contribution in [3.63, 3.8) is 0 Å². The van der Waals surface area contributed by atoms with Crippen LogP contribution in [-0.2, 0) is 20.7 Å². The maximum Gasteiger partial charge on any atom is 0.408 e. The molecule has 0 spiro atoms. The van der Waals surface area contributed by atoms with Crippen molar-refractivity contribution in [1.29, 1.82) is 0 Å². The molecule has 1 saturated carbocycles. The molecule has 14 heteroatoms. The third-order valence-corrected chi connectivity index (χ3v) is 10.8. The molecule has 0 unspecified atom stereocenters. The number of aromatic amines is 1. The Hall–Kier alpha value is -4.85. The van der Waals surface area contributed by atoms with Gasteiger partial charge in [-0.05, 0) is 70.2 Å². The summed E-state index contributed by atoms with van der Waals surface area (Å²) in [6.45, 7) is 10.2. The Morgan fingerprint density at radius 3 is 2.28 bits per heavy atom. The lowest BCUT2D eigenvalue weighted by Gasteiger charge is -2.43. The molecular formula is C40H52FN7O6. The number of halogens is 1. The number of H-pyrrole nitrogens is 1. The van der Waals surface area contributed by atoms with E-state index in [9.17, 15) is 24.0 Å². The van der Waals surface area contributed by atoms with Crippen LogP contribution in [0.25, 0.3) is 10.8 Å². The molecule has 13 nitrogen and oxygen atoms in total. The minimum absolute atomic E-state index is 0.0470. The minimum atomic E-state index is -0.675. The zero-order chi connectivity index (χ0) is 38.6. The fraction of sp³-hybridized carbons (Fsp3) is 0.550. The minimum Gasteiger partial charge on any atom is -0.444 e. The summed E-state index contributed by atoms with van der Waals surface area (Å²) in [4.78, 5) is 73.0. The van der Waals surface area contributed by atoms with Crippen LogP contribution in [0, 0.1) is 11.7 Å². The van der Waals surface area contributed by atoms with Crippen molar-refractivity contribution in [2.24, 2.45) is 5.92 Å². The van der Waals surface area contributed by atoms with Gasteiger partial charge in [0.25, 0.3) is 11.5 Å². The Bertz CT molecular complexity index is 1910. The third kappa shape index (κ3) is 9.26. The van der Waals surface area contributed by atoms with Gasteiger partial charge >= 0.3 is 6.09 Å². The van der Waals surface area contributed by atoms with Gasteiger partial charge in [0, 0.05) is 63.7 Å². The second-order valence-electron chi connectivity index (χ2n) is 15.8. The molecule has 3 fully saturated rings. The van der Waals surface area contributed by atoms with Crippen LogP contribution in [0.15, 0.2) is 47.3 Å². The molecular weight excluding hydrogens is 693 g/mol. The van der Waals surface area contributed by atoms with Crippen LogP contribution < -0.4 is 10.9 Å². The standard InChI is InChI=1S/C40H52FN7O6/c1-26-24-48(38(52)35(28-10-6-5-7-11-28)42-39(53)54-40(2,3)4)21-20-47(26)25-34(49)45-16-18-46(19-17-45)37(51)31-22-27(14-15-32(31)41)23-33-29-12-8-9-13-30(29)36(50)44-43-33/h8-9,12-15,22,26,28,35H,5-7,10-11,16-21,23-25H2,1-4H3,(H,42,53)(H,44,50)/t26-,35-/m1/s1. The highest BCUT2D eigenvalue weighted by Gasteiger charge is 2.38. The van der Waals surface area contributed by atoms with Crippen molar-refractivity contribution >= 4 is 34.6 Å². The number of ether oxygens (including phenoxy) is 1. The summed E-state index contributed by atoms with van der Waals surface area (Å²) in [5.41, 5.74) is 0.279. The Morgan fingerprint density at radius 2 is 1.59 bits per heavy atom. The molecule has 3 aliphatic rings. The van der Waals surface area contributed by atoms with Crippen LogP contribution in [-0.4, -0.2) is 124 Å². The van der Waals surface area contributed by atoms with Crippen molar-refractivity contribution in [3.8, 4) is 0 Å². The van der Waals surface area contributed by atoms with Crippen LogP contribution in [0.3, 0.4) is 0 Å². The first-order valence-corrected chi connectivity index (χ1v) is 19.1. The quantitative estimate of drug-likeness (QED) is 0.353. The molecule has 1 aliphatic carbocycles. The van der Waals surface area contributed by atoms with E-state index in [2.05, 4.69) is 20.4 Å². The van der Waals surface area contributed by atoms with Crippen molar-refractivity contribution < 1.29 is 28.3 Å². The van der Waals surface area contributed by atoms with E-state index in [-0.39, 0.29) is 54.5 Å². The van der Waals surface area contributed by atoms with Crippen LogP contribution in [0.2, 0.25) is 0 Å². The number of alkyl carbamates (subject to hydrolysis) is 1. The smallest absolute Gasteiger partial charge is 0.408 e. The van der Waals surface area contributed by atoms with E-state index in [1.807, 2.05) is 19.1 Å². The number of rotatable bonds is 8. The number of aromatic nitrogens is 2. The maximum atomic E-state index is 15.0. The molecule has 2 N–H and O–H groups in total. The molecule has 3 heterocycles. The van der Waals surface area contributed by atoms with Gasteiger partial charge in [0.05, 0.1) is 23.2 Å². The summed E-state index contributed by atoms with van der Waals surface area (Å²) < 4.78 is 20.5. The summed E-state index contributed by atoms with van der Waals surface area (Å²) in [5, 5.41) is 10.8. The molecule has 2 aliphatic heterocycles. The van der Waals surface area contributed by atoms with Gasteiger partial charge in [-0.1, -0.05) is 43.5 Å². The second kappa shape index (κ2) is 16.7. The summed E-state index contributed by atoms with van der Waals surface area (Å²) in [7, 11) is 0. The number of benzene rings is 2. The van der Waals surface area contributed by atoms with Gasteiger partial charge < -0.3 is 24.8 Å². The monoisotopic (exact) mass is 745 g/mol. The van der Waals surface area contributed by atoms with E-state index in [0.717, 1.165) is 32.1 Å². The fourth-order valence-corrected chi connectivity index (χ4v) is 7.86. The highest BCUT2D eigenvalue weighted by molar-refractivity contribution is 5.95. The first kappa shape index (κ1) is 38.9. The van der Waals surface area contributed by atoms with E-state index in [0.29, 0.717) is 61.2 Å². The zero-order valence-electron chi connectivity index (χ0n) is 31.7. The van der Waals surface area contributed by atoms with Crippen LogP contribution in [0.4, 0.5) is 9.18 Å². The SMILES string of the molecule is C[C@@H]1CN(C(=O)[C@H](NC(=O)OC(C)(C)C)C2CCCCC2)CCN1CC(=O)N1CCN(C(=O)c2cc(Cc3n[nH]c(=O)c4ccccc34)ccc2F)CC1. The number of fused-ring (bicyclic) bond motifs is 1. The van der Waals surface area contributed by atoms with E-state index in [1.54, 1.807) is 53.7 Å². The molecule has 0 bridgehead atoms. The van der Waals surface area contributed by atoms with Gasteiger partial charge in [-0.3, -0.25) is 24.1 Å². The van der Waals surface area contributed by atoms with E-state index in [1.165, 1.54) is 12.1 Å². The Kier molecular flexibility index (Phi) is 12.0. The molecule has 6 rings (SSSR count). The Morgan fingerprint density at radius 1 is 0.926 bits per heavy atom. The fourth-order valence-electron chi connectivity index (χ4n) is 7.86. The average molecular weight is 746 g/mol. The molecule has 1 aromatic heterocycles. The third-order valence-electron chi connectivity index (χ3n) is 10.8. The summed E-state index contributed by atoms with van der Waals surface area (Å²) in [5.74, 6) is -1.18. The highest BCUT2D eigenvalue weighted by atomic mass is 19.1. The van der Waals surface area contributed by atoms with Crippen molar-refractivity contribution in [1.82, 2.24) is 35.1 Å². The maximum absolute atomic E-state index is 15.0. The Balaban J connectivity index is 1.01. The molecule has 4 amide bonds. The Labute approximate surface area is 315 Å². The largest absolute Gasteiger partial charge is 0.444 e. The first-order chi connectivity index (χ1) is 25.8. The molecule has 2 saturated heterocycles. The number of carbonyl (C=O) groups is 4. The number of piperazine rings is 2. The molecule has 0 radical (unpaired) electrons. The zero-order valence-corrected chi connectivity index (χ0v) is 31.7. The number of carbonyl (C=O) groups excluding carboxylic acids is 4. The van der Waals surface area contributed by atoms with Crippen LogP contribution >= 0.6 is 0 Å². The predicted octanol–water partition coefficient (Wildman–Crippen LogP) is 3.94. The number of nitrogens with zero attached hydrogens (tertiary/aromatic N) is 5. The number of amides is 4. The molecule has 2 atom stereocenters. The first-order valence-electron chi connectivity index (χ1n) is 19.1. The lowest BCUT2D eigenvalue weighted by Crippen LogP contribution is -2.61. The van der Waals surface area contributed by atoms with Gasteiger partial charge in [-0.15, -0.1) is 0 Å². The van der Waals surface area contributed by atoms with Crippen LogP contribution in [0.1, 0.15) is 81.4 Å². The lowest BCUT2D eigenvalue weighted by atomic mass is 9.83. The molecule has 2 aromatic carbocycles.